The van der Waals surface area contributed by atoms with Crippen molar-refractivity contribution < 1.29 is 0 Å². The Bertz CT molecular complexity index is 643. The number of aromatic nitrogens is 1. The van der Waals surface area contributed by atoms with Crippen LogP contribution in [-0.2, 0) is 0 Å². The van der Waals surface area contributed by atoms with Crippen molar-refractivity contribution in [2.45, 2.75) is 33.1 Å². The first kappa shape index (κ1) is 11.3. The lowest BCUT2D eigenvalue weighted by Gasteiger charge is -2.03. The Kier molecular flexibility index (Phi) is 2.28. The Labute approximate surface area is 108 Å². The van der Waals surface area contributed by atoms with Crippen LogP contribution >= 0.6 is 0 Å². The molecule has 2 heteroatoms. The van der Waals surface area contributed by atoms with Crippen molar-refractivity contribution in [3.8, 4) is 6.07 Å². The monoisotopic (exact) mass is 238 g/mol. The fraction of sp³-hybridized carbons (Fsp3) is 0.438. The highest BCUT2D eigenvalue weighted by molar-refractivity contribution is 5.85. The van der Waals surface area contributed by atoms with Gasteiger partial charge in [-0.25, -0.2) is 0 Å². The Morgan fingerprint density at radius 3 is 2.78 bits per heavy atom. The van der Waals surface area contributed by atoms with E-state index in [4.69, 9.17) is 5.26 Å². The Balaban J connectivity index is 2.11. The number of nitriles is 1. The van der Waals surface area contributed by atoms with Crippen molar-refractivity contribution in [3.63, 3.8) is 0 Å². The molecule has 1 heterocycles. The van der Waals surface area contributed by atoms with Crippen LogP contribution in [0, 0.1) is 29.6 Å². The van der Waals surface area contributed by atoms with Crippen LogP contribution in [0.5, 0.6) is 0 Å². The van der Waals surface area contributed by atoms with Gasteiger partial charge in [0.2, 0.25) is 0 Å². The van der Waals surface area contributed by atoms with E-state index in [9.17, 15) is 0 Å². The van der Waals surface area contributed by atoms with Gasteiger partial charge in [-0.2, -0.15) is 5.26 Å². The minimum Gasteiger partial charge on any atom is -0.358 e. The van der Waals surface area contributed by atoms with Crippen LogP contribution in [0.3, 0.4) is 0 Å². The maximum absolute atomic E-state index is 8.95. The summed E-state index contributed by atoms with van der Waals surface area (Å²) in [5, 5.41) is 10.3. The number of fused-ring (bicyclic) bond motifs is 1. The molecule has 0 amide bonds. The number of hydrogen-bond donors (Lipinski definition) is 1. The number of H-pyrrole nitrogens is 1. The minimum absolute atomic E-state index is 0.255. The van der Waals surface area contributed by atoms with Crippen LogP contribution in [0.25, 0.3) is 10.9 Å². The number of nitrogens with one attached hydrogen (secondary N) is 1. The molecule has 2 atom stereocenters. The summed E-state index contributed by atoms with van der Waals surface area (Å²) >= 11 is 0. The molecule has 92 valence electrons. The van der Waals surface area contributed by atoms with Crippen molar-refractivity contribution in [1.82, 2.24) is 4.98 Å². The lowest BCUT2D eigenvalue weighted by molar-refractivity contribution is 0.559. The highest BCUT2D eigenvalue weighted by Gasteiger charge is 2.58. The predicted octanol–water partition coefficient (Wildman–Crippen LogP) is 4.13. The first-order valence-electron chi connectivity index (χ1n) is 6.51. The smallest absolute Gasteiger partial charge is 0.0625 e. The molecule has 1 fully saturated rings. The second-order valence-electron chi connectivity index (χ2n) is 5.98. The second-order valence-corrected chi connectivity index (χ2v) is 5.98. The van der Waals surface area contributed by atoms with Crippen LogP contribution in [0.2, 0.25) is 0 Å². The maximum Gasteiger partial charge on any atom is 0.0625 e. The molecular formula is C16H18N2. The Hall–Kier alpha value is -1.75. The van der Waals surface area contributed by atoms with Gasteiger partial charge in [0.25, 0.3) is 0 Å². The molecule has 1 saturated carbocycles. The maximum atomic E-state index is 8.95. The van der Waals surface area contributed by atoms with Gasteiger partial charge in [0, 0.05) is 23.0 Å². The zero-order chi connectivity index (χ0) is 12.9. The Morgan fingerprint density at radius 1 is 1.33 bits per heavy atom. The highest BCUT2D eigenvalue weighted by Crippen LogP contribution is 2.67. The van der Waals surface area contributed by atoms with Gasteiger partial charge in [-0.15, -0.1) is 0 Å². The molecule has 1 aromatic heterocycles. The quantitative estimate of drug-likeness (QED) is 0.839. The van der Waals surface area contributed by atoms with Gasteiger partial charge in [-0.3, -0.25) is 0 Å². The zero-order valence-electron chi connectivity index (χ0n) is 11.1. The van der Waals surface area contributed by atoms with E-state index in [1.165, 1.54) is 22.2 Å². The average Bonchev–Trinajstić information content (AvgIpc) is 2.70. The number of aromatic amines is 1. The summed E-state index contributed by atoms with van der Waals surface area (Å²) in [6.07, 6.45) is 0.663. The lowest BCUT2D eigenvalue weighted by atomic mass is 10.0. The molecule has 1 aliphatic rings. The van der Waals surface area contributed by atoms with E-state index in [1.54, 1.807) is 0 Å². The molecule has 18 heavy (non-hydrogen) atoms. The molecule has 2 aromatic rings. The molecule has 3 rings (SSSR count). The molecule has 1 aromatic carbocycles. The number of hydrogen-bond acceptors (Lipinski definition) is 1. The van der Waals surface area contributed by atoms with Crippen molar-refractivity contribution in [1.29, 1.82) is 5.26 Å². The van der Waals surface area contributed by atoms with Gasteiger partial charge in [-0.1, -0.05) is 32.0 Å². The molecule has 0 aliphatic heterocycles. The molecule has 1 aliphatic carbocycles. The van der Waals surface area contributed by atoms with E-state index in [1.807, 2.05) is 0 Å². The summed E-state index contributed by atoms with van der Waals surface area (Å²) < 4.78 is 0. The van der Waals surface area contributed by atoms with Crippen LogP contribution in [0.4, 0.5) is 0 Å². The standard InChI is InChI=1S/C16H18N2/c1-10-14(11-6-4-5-7-13(11)18-10)15-12(8-9-17)16(15,2)3/h4-7,12,15,18H,8H2,1-3H3/t12-,15-/m1/s1. The van der Waals surface area contributed by atoms with Crippen molar-refractivity contribution in [2.24, 2.45) is 11.3 Å². The summed E-state index contributed by atoms with van der Waals surface area (Å²) in [7, 11) is 0. The molecule has 2 nitrogen and oxygen atoms in total. The van der Waals surface area contributed by atoms with E-state index in [2.05, 4.69) is 56.1 Å². The Morgan fingerprint density at radius 2 is 2.06 bits per heavy atom. The first-order valence-corrected chi connectivity index (χ1v) is 6.51. The second kappa shape index (κ2) is 3.62. The van der Waals surface area contributed by atoms with Gasteiger partial charge in [0.1, 0.15) is 0 Å². The summed E-state index contributed by atoms with van der Waals surface area (Å²) in [6, 6.07) is 10.8. The fourth-order valence-corrected chi connectivity index (χ4v) is 3.50. The number of aryl methyl sites for hydroxylation is 1. The number of para-hydroxylation sites is 1. The largest absolute Gasteiger partial charge is 0.358 e. The highest BCUT2D eigenvalue weighted by atomic mass is 14.7. The number of nitrogens with zero attached hydrogens (tertiary/aromatic N) is 1. The third-order valence-corrected chi connectivity index (χ3v) is 4.62. The fourth-order valence-electron chi connectivity index (χ4n) is 3.50. The normalized spacial score (nSPS) is 25.0. The van der Waals surface area contributed by atoms with E-state index in [0.29, 0.717) is 18.3 Å². The molecule has 0 unspecified atom stereocenters. The van der Waals surface area contributed by atoms with Gasteiger partial charge in [0.15, 0.2) is 0 Å². The van der Waals surface area contributed by atoms with Gasteiger partial charge >= 0.3 is 0 Å². The summed E-state index contributed by atoms with van der Waals surface area (Å²) in [5.41, 5.74) is 4.15. The van der Waals surface area contributed by atoms with Gasteiger partial charge in [0.05, 0.1) is 6.07 Å². The van der Waals surface area contributed by atoms with E-state index < -0.39 is 0 Å². The van der Waals surface area contributed by atoms with E-state index in [0.717, 1.165) is 0 Å². The minimum atomic E-state index is 0.255. The number of benzene rings is 1. The van der Waals surface area contributed by atoms with Crippen LogP contribution in [-0.4, -0.2) is 4.98 Å². The molecular weight excluding hydrogens is 220 g/mol. The molecule has 0 spiro atoms. The topological polar surface area (TPSA) is 39.6 Å². The summed E-state index contributed by atoms with van der Waals surface area (Å²) in [5.74, 6) is 1.02. The summed E-state index contributed by atoms with van der Waals surface area (Å²) in [6.45, 7) is 6.70. The molecule has 0 bridgehead atoms. The van der Waals surface area contributed by atoms with Gasteiger partial charge < -0.3 is 4.98 Å². The molecule has 0 radical (unpaired) electrons. The van der Waals surface area contributed by atoms with Crippen LogP contribution < -0.4 is 0 Å². The SMILES string of the molecule is Cc1[nH]c2ccccc2c1[C@H]1[C@@H](CC#N)C1(C)C. The lowest BCUT2D eigenvalue weighted by Crippen LogP contribution is -1.91. The first-order chi connectivity index (χ1) is 8.57. The van der Waals surface area contributed by atoms with Crippen LogP contribution in [0.1, 0.15) is 37.4 Å². The van der Waals surface area contributed by atoms with Crippen molar-refractivity contribution in [2.75, 3.05) is 0 Å². The third kappa shape index (κ3) is 1.40. The van der Waals surface area contributed by atoms with E-state index in [-0.39, 0.29) is 5.41 Å². The van der Waals surface area contributed by atoms with Crippen LogP contribution in [0.15, 0.2) is 24.3 Å². The molecule has 0 saturated heterocycles. The van der Waals surface area contributed by atoms with Gasteiger partial charge in [-0.05, 0) is 35.8 Å². The third-order valence-electron chi connectivity index (χ3n) is 4.62. The zero-order valence-corrected chi connectivity index (χ0v) is 11.1. The molecule has 1 N–H and O–H groups in total. The van der Waals surface area contributed by atoms with Crippen molar-refractivity contribution in [3.05, 3.63) is 35.5 Å². The number of rotatable bonds is 2. The predicted molar refractivity (Wildman–Crippen MR) is 73.3 cm³/mol. The van der Waals surface area contributed by atoms with E-state index >= 15 is 0 Å². The summed E-state index contributed by atoms with van der Waals surface area (Å²) in [4.78, 5) is 3.47. The average molecular weight is 238 g/mol. The van der Waals surface area contributed by atoms with Crippen molar-refractivity contribution >= 4 is 10.9 Å².